The third-order valence-electron chi connectivity index (χ3n) is 2.70. The monoisotopic (exact) mass is 262 g/mol. The minimum absolute atomic E-state index is 0.356. The van der Waals surface area contributed by atoms with E-state index >= 15 is 0 Å². The molecule has 0 amide bonds. The van der Waals surface area contributed by atoms with E-state index in [-0.39, 0.29) is 5.97 Å². The van der Waals surface area contributed by atoms with Gasteiger partial charge in [0.25, 0.3) is 0 Å². The molecule has 0 aromatic heterocycles. The van der Waals surface area contributed by atoms with Gasteiger partial charge >= 0.3 is 5.97 Å². The number of ether oxygens (including phenoxy) is 2. The Labute approximate surface area is 115 Å². The van der Waals surface area contributed by atoms with Crippen LogP contribution in [0.2, 0.25) is 0 Å². The summed E-state index contributed by atoms with van der Waals surface area (Å²) in [5.74, 6) is 0.902. The van der Waals surface area contributed by atoms with Gasteiger partial charge in [0.1, 0.15) is 5.75 Å². The largest absolute Gasteiger partial charge is 0.494 e. The van der Waals surface area contributed by atoms with Crippen LogP contribution < -0.4 is 4.74 Å². The Balaban J connectivity index is 2.98. The number of hydrogen-bond acceptors (Lipinski definition) is 3. The molecule has 0 spiro atoms. The van der Waals surface area contributed by atoms with Gasteiger partial charge in [0.15, 0.2) is 0 Å². The standard InChI is InChI=1S/C16H22O3/c1-5-8-19-15-10-13(6-7-16(17)18-4)9-14(11-15)12(2)3/h6-7,9-12H,5,8H2,1-4H3/b7-6-. The normalized spacial score (nSPS) is 11.0. The van der Waals surface area contributed by atoms with E-state index in [9.17, 15) is 4.79 Å². The number of carbonyl (C=O) groups excluding carboxylic acids is 1. The summed E-state index contributed by atoms with van der Waals surface area (Å²) >= 11 is 0. The zero-order valence-corrected chi connectivity index (χ0v) is 12.1. The van der Waals surface area contributed by atoms with Crippen LogP contribution in [0.25, 0.3) is 6.08 Å². The smallest absolute Gasteiger partial charge is 0.330 e. The Morgan fingerprint density at radius 2 is 2.05 bits per heavy atom. The molecule has 0 radical (unpaired) electrons. The average Bonchev–Trinajstić information content (AvgIpc) is 2.42. The third-order valence-corrected chi connectivity index (χ3v) is 2.70. The van der Waals surface area contributed by atoms with Crippen molar-refractivity contribution in [2.45, 2.75) is 33.1 Å². The van der Waals surface area contributed by atoms with E-state index < -0.39 is 0 Å². The molecule has 104 valence electrons. The number of benzene rings is 1. The fourth-order valence-electron chi connectivity index (χ4n) is 1.61. The van der Waals surface area contributed by atoms with Gasteiger partial charge in [-0.15, -0.1) is 0 Å². The van der Waals surface area contributed by atoms with E-state index in [1.54, 1.807) is 6.08 Å². The molecule has 0 saturated heterocycles. The van der Waals surface area contributed by atoms with E-state index in [1.807, 2.05) is 6.07 Å². The molecule has 1 rings (SSSR count). The number of carbonyl (C=O) groups is 1. The first-order chi connectivity index (χ1) is 9.06. The maximum atomic E-state index is 11.1. The van der Waals surface area contributed by atoms with Gasteiger partial charge in [-0.3, -0.25) is 0 Å². The van der Waals surface area contributed by atoms with Gasteiger partial charge in [0.2, 0.25) is 0 Å². The van der Waals surface area contributed by atoms with Crippen LogP contribution in [-0.2, 0) is 9.53 Å². The molecule has 0 N–H and O–H groups in total. The number of methoxy groups -OCH3 is 1. The van der Waals surface area contributed by atoms with Gasteiger partial charge in [0, 0.05) is 6.08 Å². The van der Waals surface area contributed by atoms with E-state index in [0.717, 1.165) is 17.7 Å². The lowest BCUT2D eigenvalue weighted by atomic mass is 10.00. The van der Waals surface area contributed by atoms with Crippen molar-refractivity contribution >= 4 is 12.0 Å². The molecule has 0 heterocycles. The Kier molecular flexibility index (Phi) is 6.13. The zero-order chi connectivity index (χ0) is 14.3. The molecule has 0 saturated carbocycles. The molecule has 3 nitrogen and oxygen atoms in total. The van der Waals surface area contributed by atoms with Crippen LogP contribution in [0.1, 0.15) is 44.2 Å². The predicted octanol–water partition coefficient (Wildman–Crippen LogP) is 3.79. The summed E-state index contributed by atoms with van der Waals surface area (Å²) < 4.78 is 10.3. The summed E-state index contributed by atoms with van der Waals surface area (Å²) in [5, 5.41) is 0. The number of hydrogen-bond donors (Lipinski definition) is 0. The predicted molar refractivity (Wildman–Crippen MR) is 77.4 cm³/mol. The SMILES string of the molecule is CCCOc1cc(/C=C\C(=O)OC)cc(C(C)C)c1. The second kappa shape index (κ2) is 7.62. The first-order valence-electron chi connectivity index (χ1n) is 6.60. The molecule has 0 fully saturated rings. The van der Waals surface area contributed by atoms with Crippen LogP contribution in [0.4, 0.5) is 0 Å². The van der Waals surface area contributed by atoms with E-state index in [2.05, 4.69) is 37.6 Å². The lowest BCUT2D eigenvalue weighted by Gasteiger charge is -2.11. The highest BCUT2D eigenvalue weighted by atomic mass is 16.5. The van der Waals surface area contributed by atoms with Gasteiger partial charge in [-0.25, -0.2) is 4.79 Å². The second-order valence-electron chi connectivity index (χ2n) is 4.70. The Morgan fingerprint density at radius 1 is 1.32 bits per heavy atom. The summed E-state index contributed by atoms with van der Waals surface area (Å²) in [6, 6.07) is 6.04. The molecular formula is C16H22O3. The molecule has 0 atom stereocenters. The van der Waals surface area contributed by atoms with Gasteiger partial charge in [-0.05, 0) is 41.7 Å². The Bertz CT molecular complexity index is 447. The zero-order valence-electron chi connectivity index (χ0n) is 12.1. The van der Waals surface area contributed by atoms with Crippen molar-refractivity contribution in [2.75, 3.05) is 13.7 Å². The highest BCUT2D eigenvalue weighted by Crippen LogP contribution is 2.24. The molecule has 19 heavy (non-hydrogen) atoms. The molecule has 1 aromatic rings. The van der Waals surface area contributed by atoms with Crippen molar-refractivity contribution < 1.29 is 14.3 Å². The fraction of sp³-hybridized carbons (Fsp3) is 0.438. The molecule has 0 bridgehead atoms. The minimum atomic E-state index is -0.356. The third kappa shape index (κ3) is 5.16. The lowest BCUT2D eigenvalue weighted by molar-refractivity contribution is -0.134. The highest BCUT2D eigenvalue weighted by molar-refractivity contribution is 5.87. The van der Waals surface area contributed by atoms with Crippen LogP contribution in [0, 0.1) is 0 Å². The molecule has 0 aliphatic carbocycles. The van der Waals surface area contributed by atoms with E-state index in [0.29, 0.717) is 12.5 Å². The summed E-state index contributed by atoms with van der Waals surface area (Å²) in [6.07, 6.45) is 4.14. The molecule has 3 heteroatoms. The Hall–Kier alpha value is -1.77. The van der Waals surface area contributed by atoms with Crippen molar-refractivity contribution in [2.24, 2.45) is 0 Å². The molecule has 0 aliphatic rings. The highest BCUT2D eigenvalue weighted by Gasteiger charge is 2.04. The quantitative estimate of drug-likeness (QED) is 0.578. The molecule has 0 unspecified atom stereocenters. The molecular weight excluding hydrogens is 240 g/mol. The average molecular weight is 262 g/mol. The van der Waals surface area contributed by atoms with Crippen molar-refractivity contribution in [1.29, 1.82) is 0 Å². The van der Waals surface area contributed by atoms with Gasteiger partial charge < -0.3 is 9.47 Å². The Morgan fingerprint density at radius 3 is 2.63 bits per heavy atom. The maximum Gasteiger partial charge on any atom is 0.330 e. The lowest BCUT2D eigenvalue weighted by Crippen LogP contribution is -1.98. The van der Waals surface area contributed by atoms with E-state index in [1.165, 1.54) is 18.7 Å². The van der Waals surface area contributed by atoms with Gasteiger partial charge in [-0.1, -0.05) is 26.8 Å². The van der Waals surface area contributed by atoms with E-state index in [4.69, 9.17) is 4.74 Å². The summed E-state index contributed by atoms with van der Waals surface area (Å²) in [6.45, 7) is 7.03. The van der Waals surface area contributed by atoms with Gasteiger partial charge in [0.05, 0.1) is 13.7 Å². The van der Waals surface area contributed by atoms with Crippen LogP contribution in [0.15, 0.2) is 24.3 Å². The second-order valence-corrected chi connectivity index (χ2v) is 4.70. The van der Waals surface area contributed by atoms with Gasteiger partial charge in [-0.2, -0.15) is 0 Å². The minimum Gasteiger partial charge on any atom is -0.494 e. The first kappa shape index (κ1) is 15.3. The molecule has 1 aromatic carbocycles. The van der Waals surface area contributed by atoms with Crippen LogP contribution >= 0.6 is 0 Å². The topological polar surface area (TPSA) is 35.5 Å². The summed E-state index contributed by atoms with van der Waals surface area (Å²) in [4.78, 5) is 11.1. The van der Waals surface area contributed by atoms with Crippen molar-refractivity contribution in [3.63, 3.8) is 0 Å². The number of rotatable bonds is 6. The van der Waals surface area contributed by atoms with Crippen molar-refractivity contribution in [1.82, 2.24) is 0 Å². The summed E-state index contributed by atoms with van der Waals surface area (Å²) in [5.41, 5.74) is 2.14. The molecule has 0 aliphatic heterocycles. The fourth-order valence-corrected chi connectivity index (χ4v) is 1.61. The van der Waals surface area contributed by atoms with Crippen molar-refractivity contribution in [3.8, 4) is 5.75 Å². The van der Waals surface area contributed by atoms with Crippen LogP contribution in [-0.4, -0.2) is 19.7 Å². The number of esters is 1. The first-order valence-corrected chi connectivity index (χ1v) is 6.60. The summed E-state index contributed by atoms with van der Waals surface area (Å²) in [7, 11) is 1.37. The van der Waals surface area contributed by atoms with Crippen LogP contribution in [0.5, 0.6) is 5.75 Å². The maximum absolute atomic E-state index is 11.1. The van der Waals surface area contributed by atoms with Crippen molar-refractivity contribution in [3.05, 3.63) is 35.4 Å². The van der Waals surface area contributed by atoms with Crippen LogP contribution in [0.3, 0.4) is 0 Å².